The summed E-state index contributed by atoms with van der Waals surface area (Å²) in [5.74, 6) is 0.718. The number of H-pyrrole nitrogens is 1. The van der Waals surface area contributed by atoms with Gasteiger partial charge in [0.1, 0.15) is 11.9 Å². The standard InChI is InChI=1S/C11H9BrN4O2S/c1-18-9-3-2-7(4-8(9)12)5-14-16-10(17)6-13-15-11(16)19/h2-6H,1H3,(H,15,19)/b14-5-. The fourth-order valence-electron chi connectivity index (χ4n) is 1.34. The molecule has 0 unspecified atom stereocenters. The molecule has 0 spiro atoms. The lowest BCUT2D eigenvalue weighted by Crippen LogP contribution is -2.18. The molecule has 2 aromatic rings. The highest BCUT2D eigenvalue weighted by molar-refractivity contribution is 9.10. The first kappa shape index (κ1) is 13.6. The van der Waals surface area contributed by atoms with E-state index < -0.39 is 5.56 Å². The molecule has 0 radical (unpaired) electrons. The minimum Gasteiger partial charge on any atom is -0.496 e. The molecule has 0 fully saturated rings. The van der Waals surface area contributed by atoms with Gasteiger partial charge in [0.15, 0.2) is 0 Å². The van der Waals surface area contributed by atoms with Crippen LogP contribution in [0, 0.1) is 4.77 Å². The molecule has 0 aliphatic heterocycles. The second-order valence-corrected chi connectivity index (χ2v) is 4.70. The van der Waals surface area contributed by atoms with Crippen molar-refractivity contribution >= 4 is 34.4 Å². The number of aromatic nitrogens is 3. The van der Waals surface area contributed by atoms with Crippen LogP contribution in [0.4, 0.5) is 0 Å². The van der Waals surface area contributed by atoms with Crippen LogP contribution in [0.2, 0.25) is 0 Å². The minimum atomic E-state index is -0.396. The number of benzene rings is 1. The Balaban J connectivity index is 2.36. The fraction of sp³-hybridized carbons (Fsp3) is 0.0909. The van der Waals surface area contributed by atoms with Gasteiger partial charge in [0.05, 0.1) is 17.8 Å². The van der Waals surface area contributed by atoms with Crippen LogP contribution in [0.15, 0.2) is 38.8 Å². The van der Waals surface area contributed by atoms with E-state index in [1.54, 1.807) is 13.2 Å². The van der Waals surface area contributed by atoms with Gasteiger partial charge in [0, 0.05) is 0 Å². The van der Waals surface area contributed by atoms with Crippen molar-refractivity contribution in [1.82, 2.24) is 14.9 Å². The van der Waals surface area contributed by atoms with E-state index in [9.17, 15) is 4.79 Å². The predicted molar refractivity (Wildman–Crippen MR) is 77.4 cm³/mol. The van der Waals surface area contributed by atoms with E-state index in [2.05, 4.69) is 31.2 Å². The minimum absolute atomic E-state index is 0.135. The lowest BCUT2D eigenvalue weighted by atomic mass is 10.2. The van der Waals surface area contributed by atoms with E-state index in [4.69, 9.17) is 17.0 Å². The second kappa shape index (κ2) is 5.89. The van der Waals surface area contributed by atoms with Crippen LogP contribution in [0.25, 0.3) is 0 Å². The number of hydrogen-bond acceptors (Lipinski definition) is 5. The van der Waals surface area contributed by atoms with E-state index in [1.165, 1.54) is 6.21 Å². The van der Waals surface area contributed by atoms with Crippen molar-refractivity contribution in [2.75, 3.05) is 7.11 Å². The summed E-state index contributed by atoms with van der Waals surface area (Å²) >= 11 is 8.29. The second-order valence-electron chi connectivity index (χ2n) is 3.46. The molecular weight excluding hydrogens is 332 g/mol. The third-order valence-electron chi connectivity index (χ3n) is 2.23. The first-order valence-corrected chi connectivity index (χ1v) is 6.36. The van der Waals surface area contributed by atoms with Crippen molar-refractivity contribution in [1.29, 1.82) is 0 Å². The van der Waals surface area contributed by atoms with Gasteiger partial charge < -0.3 is 4.74 Å². The summed E-state index contributed by atoms with van der Waals surface area (Å²) in [5, 5.41) is 10.1. The Kier molecular flexibility index (Phi) is 4.23. The molecule has 98 valence electrons. The Morgan fingerprint density at radius 3 is 3.00 bits per heavy atom. The van der Waals surface area contributed by atoms with E-state index in [1.807, 2.05) is 12.1 Å². The molecule has 1 aromatic carbocycles. The molecular formula is C11H9BrN4O2S. The first-order valence-electron chi connectivity index (χ1n) is 5.16. The average molecular weight is 341 g/mol. The number of nitrogens with zero attached hydrogens (tertiary/aromatic N) is 3. The lowest BCUT2D eigenvalue weighted by molar-refractivity contribution is 0.412. The fourth-order valence-corrected chi connectivity index (χ4v) is 2.09. The van der Waals surface area contributed by atoms with Crippen molar-refractivity contribution in [3.8, 4) is 5.75 Å². The Morgan fingerprint density at radius 1 is 1.58 bits per heavy atom. The van der Waals surface area contributed by atoms with Crippen molar-refractivity contribution in [3.63, 3.8) is 0 Å². The van der Waals surface area contributed by atoms with Gasteiger partial charge in [-0.1, -0.05) is 0 Å². The van der Waals surface area contributed by atoms with Gasteiger partial charge in [-0.05, 0) is 51.9 Å². The van der Waals surface area contributed by atoms with Gasteiger partial charge >= 0.3 is 0 Å². The summed E-state index contributed by atoms with van der Waals surface area (Å²) in [5.41, 5.74) is 0.401. The number of rotatable bonds is 3. The van der Waals surface area contributed by atoms with Crippen LogP contribution >= 0.6 is 28.1 Å². The number of ether oxygens (including phenoxy) is 1. The summed E-state index contributed by atoms with van der Waals surface area (Å²) in [6.07, 6.45) is 2.63. The van der Waals surface area contributed by atoms with Crippen molar-refractivity contribution in [2.24, 2.45) is 5.10 Å². The highest BCUT2D eigenvalue weighted by Gasteiger charge is 2.00. The van der Waals surface area contributed by atoms with Crippen LogP contribution in [-0.2, 0) is 0 Å². The van der Waals surface area contributed by atoms with Crippen LogP contribution in [0.1, 0.15) is 5.56 Å². The van der Waals surface area contributed by atoms with Crippen molar-refractivity contribution in [2.45, 2.75) is 0 Å². The SMILES string of the molecule is COc1ccc(/C=N\n2c(=O)cn[nH]c2=S)cc1Br. The van der Waals surface area contributed by atoms with Gasteiger partial charge in [-0.25, -0.2) is 0 Å². The molecule has 0 saturated heterocycles. The molecule has 2 rings (SSSR count). The molecule has 19 heavy (non-hydrogen) atoms. The maximum Gasteiger partial charge on any atom is 0.293 e. The molecule has 8 heteroatoms. The lowest BCUT2D eigenvalue weighted by Gasteiger charge is -2.03. The van der Waals surface area contributed by atoms with Crippen LogP contribution in [-0.4, -0.2) is 28.2 Å². The number of nitrogens with one attached hydrogen (secondary N) is 1. The number of methoxy groups -OCH3 is 1. The zero-order valence-electron chi connectivity index (χ0n) is 9.83. The van der Waals surface area contributed by atoms with E-state index in [0.29, 0.717) is 0 Å². The number of aromatic amines is 1. The number of hydrogen-bond donors (Lipinski definition) is 1. The largest absolute Gasteiger partial charge is 0.496 e. The molecule has 0 atom stereocenters. The summed E-state index contributed by atoms with van der Waals surface area (Å²) in [6, 6.07) is 5.43. The zero-order chi connectivity index (χ0) is 13.8. The molecule has 1 heterocycles. The molecule has 1 aromatic heterocycles. The first-order chi connectivity index (χ1) is 9.11. The highest BCUT2D eigenvalue weighted by atomic mass is 79.9. The summed E-state index contributed by atoms with van der Waals surface area (Å²) in [7, 11) is 1.59. The van der Waals surface area contributed by atoms with Crippen molar-refractivity contribution < 1.29 is 4.74 Å². The summed E-state index contributed by atoms with van der Waals surface area (Å²) in [6.45, 7) is 0. The zero-order valence-corrected chi connectivity index (χ0v) is 12.2. The van der Waals surface area contributed by atoms with Gasteiger partial charge in [-0.15, -0.1) is 0 Å². The Bertz CT molecular complexity index is 710. The Morgan fingerprint density at radius 2 is 2.37 bits per heavy atom. The normalized spacial score (nSPS) is 10.8. The molecule has 0 aliphatic rings. The Labute approximate surface area is 121 Å². The average Bonchev–Trinajstić information content (AvgIpc) is 2.38. The predicted octanol–water partition coefficient (Wildman–Crippen LogP) is 1.95. The van der Waals surface area contributed by atoms with E-state index in [0.717, 1.165) is 26.7 Å². The smallest absolute Gasteiger partial charge is 0.293 e. The summed E-state index contributed by atoms with van der Waals surface area (Å²) in [4.78, 5) is 11.5. The van der Waals surface area contributed by atoms with Crippen LogP contribution in [0.3, 0.4) is 0 Å². The third-order valence-corrected chi connectivity index (χ3v) is 3.12. The molecule has 1 N–H and O–H groups in total. The molecule has 0 aliphatic carbocycles. The van der Waals surface area contributed by atoms with Gasteiger partial charge in [0.25, 0.3) is 5.56 Å². The molecule has 0 saturated carbocycles. The topological polar surface area (TPSA) is 72.3 Å². The maximum atomic E-state index is 11.5. The van der Waals surface area contributed by atoms with Gasteiger partial charge in [-0.3, -0.25) is 9.89 Å². The summed E-state index contributed by atoms with van der Waals surface area (Å²) < 4.78 is 7.11. The van der Waals surface area contributed by atoms with Gasteiger partial charge in [-0.2, -0.15) is 14.9 Å². The van der Waals surface area contributed by atoms with Gasteiger partial charge in [0.2, 0.25) is 4.77 Å². The third kappa shape index (κ3) is 3.15. The molecule has 0 bridgehead atoms. The van der Waals surface area contributed by atoms with Crippen molar-refractivity contribution in [3.05, 3.63) is 49.6 Å². The molecule has 0 amide bonds. The monoisotopic (exact) mass is 340 g/mol. The van der Waals surface area contributed by atoms with E-state index in [-0.39, 0.29) is 4.77 Å². The van der Waals surface area contributed by atoms with Crippen LogP contribution < -0.4 is 10.3 Å². The number of halogens is 1. The highest BCUT2D eigenvalue weighted by Crippen LogP contribution is 2.24. The van der Waals surface area contributed by atoms with Crippen LogP contribution in [0.5, 0.6) is 5.75 Å². The van der Waals surface area contributed by atoms with E-state index >= 15 is 0 Å². The molecule has 6 nitrogen and oxygen atoms in total. The Hall–Kier alpha value is -1.80. The maximum absolute atomic E-state index is 11.5. The quantitative estimate of drug-likeness (QED) is 0.684.